The first kappa shape index (κ1) is 21.5. The van der Waals surface area contributed by atoms with E-state index in [1.54, 1.807) is 25.1 Å². The summed E-state index contributed by atoms with van der Waals surface area (Å²) in [5, 5.41) is 14.6. The molecule has 7 heteroatoms. The van der Waals surface area contributed by atoms with E-state index >= 15 is 0 Å². The van der Waals surface area contributed by atoms with Crippen LogP contribution in [-0.2, 0) is 11.3 Å². The number of benzene rings is 2. The van der Waals surface area contributed by atoms with Crippen LogP contribution < -0.4 is 5.32 Å². The third kappa shape index (κ3) is 5.12. The molecule has 2 N–H and O–H groups in total. The Morgan fingerprint density at radius 2 is 1.87 bits per heavy atom. The van der Waals surface area contributed by atoms with Gasteiger partial charge in [-0.15, -0.1) is 0 Å². The lowest BCUT2D eigenvalue weighted by Gasteiger charge is -2.33. The highest BCUT2D eigenvalue weighted by atomic mass is 19.1. The molecule has 1 aliphatic heterocycles. The minimum Gasteiger partial charge on any atom is -0.387 e. The minimum absolute atomic E-state index is 0.115. The lowest BCUT2D eigenvalue weighted by Crippen LogP contribution is -2.51. The van der Waals surface area contributed by atoms with Crippen LogP contribution in [0.25, 0.3) is 10.9 Å². The monoisotopic (exact) mass is 425 g/mol. The highest BCUT2D eigenvalue weighted by Crippen LogP contribution is 2.22. The zero-order valence-electron chi connectivity index (χ0n) is 17.7. The predicted molar refractivity (Wildman–Crippen MR) is 118 cm³/mol. The van der Waals surface area contributed by atoms with Crippen LogP contribution in [0.2, 0.25) is 0 Å². The summed E-state index contributed by atoms with van der Waals surface area (Å²) in [4.78, 5) is 15.2. The number of nitrogens with zero attached hydrogens (tertiary/aromatic N) is 2. The molecule has 2 aromatic carbocycles. The van der Waals surface area contributed by atoms with Crippen LogP contribution in [0.3, 0.4) is 0 Å². The molecule has 4 rings (SSSR count). The maximum absolute atomic E-state index is 14.3. The summed E-state index contributed by atoms with van der Waals surface area (Å²) in [5.41, 5.74) is 0.731. The largest absolute Gasteiger partial charge is 0.387 e. The molecule has 164 valence electrons. The van der Waals surface area contributed by atoms with Gasteiger partial charge in [-0.05, 0) is 25.1 Å². The number of hydrogen-bond acceptors (Lipinski definition) is 4. The van der Waals surface area contributed by atoms with Gasteiger partial charge in [0, 0.05) is 42.6 Å². The van der Waals surface area contributed by atoms with Crippen molar-refractivity contribution in [2.75, 3.05) is 39.4 Å². The van der Waals surface area contributed by atoms with E-state index in [4.69, 9.17) is 4.74 Å². The number of amides is 1. The Morgan fingerprint density at radius 3 is 2.65 bits per heavy atom. The van der Waals surface area contributed by atoms with Gasteiger partial charge in [0.05, 0.1) is 25.4 Å². The van der Waals surface area contributed by atoms with E-state index in [2.05, 4.69) is 10.2 Å². The van der Waals surface area contributed by atoms with Crippen molar-refractivity contribution >= 4 is 16.8 Å². The summed E-state index contributed by atoms with van der Waals surface area (Å²) in [5.74, 6) is -0.602. The van der Waals surface area contributed by atoms with Gasteiger partial charge in [-0.3, -0.25) is 9.69 Å². The molecule has 1 atom stereocenters. The number of carbonyl (C=O) groups excluding carboxylic acids is 1. The summed E-state index contributed by atoms with van der Waals surface area (Å²) in [6.07, 6.45) is 0. The van der Waals surface area contributed by atoms with Crippen molar-refractivity contribution in [2.24, 2.45) is 0 Å². The van der Waals surface area contributed by atoms with Gasteiger partial charge < -0.3 is 19.7 Å². The molecule has 1 aliphatic rings. The molecule has 1 aromatic heterocycles. The average Bonchev–Trinajstić information content (AvgIpc) is 3.13. The number of fused-ring (bicyclic) bond motifs is 1. The summed E-state index contributed by atoms with van der Waals surface area (Å²) >= 11 is 0. The summed E-state index contributed by atoms with van der Waals surface area (Å²) < 4.78 is 21.4. The second-order valence-electron chi connectivity index (χ2n) is 8.33. The second-order valence-corrected chi connectivity index (χ2v) is 8.33. The zero-order chi connectivity index (χ0) is 21.8. The number of morpholine rings is 1. The molecule has 0 bridgehead atoms. The lowest BCUT2D eigenvalue weighted by molar-refractivity contribution is -0.0213. The van der Waals surface area contributed by atoms with Gasteiger partial charge in [0.1, 0.15) is 11.5 Å². The molecule has 0 radical (unpaired) electrons. The van der Waals surface area contributed by atoms with Gasteiger partial charge in [-0.25, -0.2) is 4.39 Å². The Balaban J connectivity index is 1.52. The van der Waals surface area contributed by atoms with E-state index in [1.807, 2.05) is 34.9 Å². The van der Waals surface area contributed by atoms with Gasteiger partial charge in [0.15, 0.2) is 0 Å². The smallest absolute Gasteiger partial charge is 0.268 e. The molecule has 1 saturated heterocycles. The number of rotatable bonds is 7. The summed E-state index contributed by atoms with van der Waals surface area (Å²) in [7, 11) is 0. The van der Waals surface area contributed by atoms with E-state index in [1.165, 1.54) is 6.07 Å². The molecule has 0 saturated carbocycles. The number of aromatic nitrogens is 1. The molecule has 31 heavy (non-hydrogen) atoms. The number of nitrogens with one attached hydrogen (secondary N) is 1. The number of halogens is 1. The predicted octanol–water partition coefficient (Wildman–Crippen LogP) is 2.64. The summed E-state index contributed by atoms with van der Waals surface area (Å²) in [6.45, 7) is 5.36. The fourth-order valence-electron chi connectivity index (χ4n) is 4.02. The number of carbonyl (C=O) groups is 1. The van der Waals surface area contributed by atoms with E-state index < -0.39 is 5.60 Å². The molecule has 1 fully saturated rings. The van der Waals surface area contributed by atoms with E-state index in [-0.39, 0.29) is 24.8 Å². The van der Waals surface area contributed by atoms with E-state index in [9.17, 15) is 14.3 Å². The van der Waals surface area contributed by atoms with Crippen molar-refractivity contribution in [1.29, 1.82) is 0 Å². The first-order chi connectivity index (χ1) is 14.9. The maximum atomic E-state index is 14.3. The second kappa shape index (κ2) is 9.18. The highest BCUT2D eigenvalue weighted by molar-refractivity contribution is 5.98. The fourth-order valence-corrected chi connectivity index (χ4v) is 4.02. The number of β-amino-alcohol motifs (C(OH)–C–C–N with tert-alkyl or cyclic N) is 1. The topological polar surface area (TPSA) is 66.7 Å². The third-order valence-electron chi connectivity index (χ3n) is 5.63. The standard InChI is InChI=1S/C24H28FN3O3/c1-24(30,17-27-10-12-31-13-11-27)16-26-23(29)22-14-18-6-3-5-9-21(18)28(22)15-19-7-2-4-8-20(19)25/h2-9,14,30H,10-13,15-17H2,1H3,(H,26,29). The molecular weight excluding hydrogens is 397 g/mol. The Kier molecular flexibility index (Phi) is 6.36. The SMILES string of the molecule is CC(O)(CNC(=O)c1cc2ccccc2n1Cc1ccccc1F)CN1CCOCC1. The molecular formula is C24H28FN3O3. The lowest BCUT2D eigenvalue weighted by atomic mass is 10.1. The Labute approximate surface area is 181 Å². The highest BCUT2D eigenvalue weighted by Gasteiger charge is 2.27. The van der Waals surface area contributed by atoms with Crippen molar-refractivity contribution in [1.82, 2.24) is 14.8 Å². The van der Waals surface area contributed by atoms with Gasteiger partial charge in [0.25, 0.3) is 5.91 Å². The van der Waals surface area contributed by atoms with Gasteiger partial charge in [0.2, 0.25) is 0 Å². The molecule has 1 unspecified atom stereocenters. The van der Waals surface area contributed by atoms with Gasteiger partial charge >= 0.3 is 0 Å². The Hall–Kier alpha value is -2.74. The van der Waals surface area contributed by atoms with Crippen molar-refractivity contribution in [3.63, 3.8) is 0 Å². The number of ether oxygens (including phenoxy) is 1. The number of aliphatic hydroxyl groups is 1. The van der Waals surface area contributed by atoms with Gasteiger partial charge in [-0.1, -0.05) is 36.4 Å². The Morgan fingerprint density at radius 1 is 1.16 bits per heavy atom. The van der Waals surface area contributed by atoms with Crippen LogP contribution in [0.15, 0.2) is 54.6 Å². The van der Waals surface area contributed by atoms with Crippen molar-refractivity contribution < 1.29 is 19.0 Å². The minimum atomic E-state index is -1.07. The molecule has 2 heterocycles. The van der Waals surface area contributed by atoms with Crippen LogP contribution in [0.1, 0.15) is 23.0 Å². The molecule has 0 aliphatic carbocycles. The molecule has 3 aromatic rings. The van der Waals surface area contributed by atoms with Crippen LogP contribution in [-0.4, -0.2) is 65.5 Å². The fraction of sp³-hybridized carbons (Fsp3) is 0.375. The van der Waals surface area contributed by atoms with E-state index in [0.29, 0.717) is 31.0 Å². The number of para-hydroxylation sites is 1. The first-order valence-corrected chi connectivity index (χ1v) is 10.6. The maximum Gasteiger partial charge on any atom is 0.268 e. The Bertz CT molecular complexity index is 1060. The van der Waals surface area contributed by atoms with E-state index in [0.717, 1.165) is 24.0 Å². The third-order valence-corrected chi connectivity index (χ3v) is 5.63. The van der Waals surface area contributed by atoms with Crippen molar-refractivity contribution in [3.05, 3.63) is 71.7 Å². The quantitative estimate of drug-likeness (QED) is 0.611. The zero-order valence-corrected chi connectivity index (χ0v) is 17.7. The van der Waals surface area contributed by atoms with Crippen LogP contribution in [0.5, 0.6) is 0 Å². The van der Waals surface area contributed by atoms with Crippen LogP contribution in [0.4, 0.5) is 4.39 Å². The van der Waals surface area contributed by atoms with Crippen LogP contribution in [0, 0.1) is 5.82 Å². The van der Waals surface area contributed by atoms with Crippen LogP contribution >= 0.6 is 0 Å². The summed E-state index contributed by atoms with van der Waals surface area (Å²) in [6, 6.07) is 16.0. The normalized spacial score (nSPS) is 16.9. The molecule has 0 spiro atoms. The molecule has 6 nitrogen and oxygen atoms in total. The molecule has 1 amide bonds. The average molecular weight is 426 g/mol. The number of hydrogen-bond donors (Lipinski definition) is 2. The van der Waals surface area contributed by atoms with Crippen molar-refractivity contribution in [2.45, 2.75) is 19.1 Å². The first-order valence-electron chi connectivity index (χ1n) is 10.6. The van der Waals surface area contributed by atoms with Crippen molar-refractivity contribution in [3.8, 4) is 0 Å². The van der Waals surface area contributed by atoms with Gasteiger partial charge in [-0.2, -0.15) is 0 Å².